The number of rotatable bonds is 0. The van der Waals surface area contributed by atoms with Crippen molar-refractivity contribution in [2.45, 2.75) is 22.8 Å². The molecule has 2 aromatic carbocycles. The number of thioether (sulfide) groups is 1. The summed E-state index contributed by atoms with van der Waals surface area (Å²) in [6, 6.07) is 15.7. The number of nitrogens with zero attached hydrogens (tertiary/aromatic N) is 3. The van der Waals surface area contributed by atoms with E-state index >= 15 is 0 Å². The molecule has 1 N–H and O–H groups in total. The molecule has 8 heteroatoms. The Kier molecular flexibility index (Phi) is 3.56. The van der Waals surface area contributed by atoms with Crippen LogP contribution in [0.25, 0.3) is 0 Å². The molecule has 4 heterocycles. The molecule has 0 saturated heterocycles. The predicted molar refractivity (Wildman–Crippen MR) is 126 cm³/mol. The van der Waals surface area contributed by atoms with E-state index in [1.807, 2.05) is 12.1 Å². The lowest BCUT2D eigenvalue weighted by molar-refractivity contribution is 0.0648. The average molecular weight is 472 g/mol. The number of hydrogen-bond donors (Lipinski definition) is 1. The SMILES string of the molecule is O=C1c2c(O)c(=O)ccn2N2CN1C[C@@H]1C3C(Oc4cccc5c4[C@@H]2c2ccccc2SC5)[C@H]31. The first kappa shape index (κ1) is 19.0. The first-order valence-corrected chi connectivity index (χ1v) is 12.6. The molecule has 1 aromatic heterocycles. The number of benzene rings is 2. The molecular formula is C26H21N3O4S. The molecule has 5 atom stereocenters. The van der Waals surface area contributed by atoms with Gasteiger partial charge in [0.15, 0.2) is 11.4 Å². The highest BCUT2D eigenvalue weighted by atomic mass is 32.2. The zero-order valence-electron chi connectivity index (χ0n) is 18.1. The van der Waals surface area contributed by atoms with Gasteiger partial charge in [-0.2, -0.15) is 0 Å². The Hall–Kier alpha value is -3.39. The lowest BCUT2D eigenvalue weighted by Gasteiger charge is -2.44. The fourth-order valence-electron chi connectivity index (χ4n) is 6.22. The minimum atomic E-state index is -0.540. The van der Waals surface area contributed by atoms with E-state index in [-0.39, 0.29) is 23.7 Å². The van der Waals surface area contributed by atoms with E-state index in [9.17, 15) is 14.7 Å². The Labute approximate surface area is 199 Å². The van der Waals surface area contributed by atoms with Gasteiger partial charge in [0.05, 0.1) is 0 Å². The standard InChI is InChI=1S/C26H21N3O4S/c30-16-8-9-28-23(24(16)31)26(32)27-10-15-20-21(15)25(20)33-17-6-3-4-13-11-34-18-7-2-1-5-14(18)22(19(13)17)29(28)12-27/h1-9,15,20-22,25,31H,10-12H2/t15-,20-,21?,22-,25?/m0/s1. The molecule has 2 unspecified atom stereocenters. The summed E-state index contributed by atoms with van der Waals surface area (Å²) in [4.78, 5) is 28.8. The van der Waals surface area contributed by atoms with Crippen LogP contribution in [-0.2, 0) is 5.75 Å². The second-order valence-corrected chi connectivity index (χ2v) is 10.8. The van der Waals surface area contributed by atoms with Gasteiger partial charge in [-0.1, -0.05) is 30.3 Å². The van der Waals surface area contributed by atoms with Crippen LogP contribution in [0, 0.1) is 17.8 Å². The van der Waals surface area contributed by atoms with Crippen molar-refractivity contribution in [2.75, 3.05) is 18.2 Å². The summed E-state index contributed by atoms with van der Waals surface area (Å²) in [5, 5.41) is 12.8. The van der Waals surface area contributed by atoms with Crippen LogP contribution in [0.3, 0.4) is 0 Å². The monoisotopic (exact) mass is 471 g/mol. The van der Waals surface area contributed by atoms with E-state index in [2.05, 4.69) is 35.3 Å². The number of carbonyl (C=O) groups excluding carboxylic acids is 1. The van der Waals surface area contributed by atoms with Gasteiger partial charge in [-0.25, -0.2) is 0 Å². The van der Waals surface area contributed by atoms with Crippen LogP contribution >= 0.6 is 11.8 Å². The largest absolute Gasteiger partial charge is 0.502 e. The zero-order chi connectivity index (χ0) is 22.7. The van der Waals surface area contributed by atoms with Crippen molar-refractivity contribution in [3.63, 3.8) is 0 Å². The molecule has 8 rings (SSSR count). The molecule has 1 amide bonds. The van der Waals surface area contributed by atoms with E-state index < -0.39 is 11.2 Å². The first-order chi connectivity index (χ1) is 16.6. The third kappa shape index (κ3) is 2.39. The van der Waals surface area contributed by atoms with Crippen molar-refractivity contribution in [2.24, 2.45) is 17.8 Å². The Bertz CT molecular complexity index is 1460. The molecule has 2 aliphatic carbocycles. The minimum Gasteiger partial charge on any atom is -0.502 e. The van der Waals surface area contributed by atoms with Gasteiger partial charge in [0, 0.05) is 46.9 Å². The van der Waals surface area contributed by atoms with Crippen molar-refractivity contribution < 1.29 is 14.6 Å². The first-order valence-electron chi connectivity index (χ1n) is 11.6. The van der Waals surface area contributed by atoms with Gasteiger partial charge in [-0.3, -0.25) is 19.3 Å². The number of aromatic hydroxyl groups is 1. The molecule has 7 nitrogen and oxygen atoms in total. The number of pyridine rings is 1. The van der Waals surface area contributed by atoms with Gasteiger partial charge in [-0.05, 0) is 29.2 Å². The maximum absolute atomic E-state index is 13.5. The van der Waals surface area contributed by atoms with E-state index in [1.165, 1.54) is 16.5 Å². The second kappa shape index (κ2) is 6.39. The van der Waals surface area contributed by atoms with Crippen LogP contribution in [0.4, 0.5) is 0 Å². The summed E-state index contributed by atoms with van der Waals surface area (Å²) < 4.78 is 8.29. The Morgan fingerprint density at radius 2 is 1.88 bits per heavy atom. The van der Waals surface area contributed by atoms with Gasteiger partial charge in [0.25, 0.3) is 5.91 Å². The summed E-state index contributed by atoms with van der Waals surface area (Å²) in [7, 11) is 0. The summed E-state index contributed by atoms with van der Waals surface area (Å²) in [5.74, 6) is 2.31. The van der Waals surface area contributed by atoms with Gasteiger partial charge >= 0.3 is 0 Å². The average Bonchev–Trinajstić information content (AvgIpc) is 3.75. The normalized spacial score (nSPS) is 29.4. The van der Waals surface area contributed by atoms with Gasteiger partial charge in [0.2, 0.25) is 5.43 Å². The number of amides is 1. The number of carbonyl (C=O) groups is 1. The molecule has 3 aliphatic heterocycles. The molecule has 34 heavy (non-hydrogen) atoms. The van der Waals surface area contributed by atoms with Gasteiger partial charge in [0.1, 0.15) is 24.6 Å². The lowest BCUT2D eigenvalue weighted by Crippen LogP contribution is -2.56. The molecule has 2 bridgehead atoms. The van der Waals surface area contributed by atoms with E-state index in [0.29, 0.717) is 31.0 Å². The minimum absolute atomic E-state index is 0.0400. The van der Waals surface area contributed by atoms with Crippen molar-refractivity contribution >= 4 is 17.7 Å². The molecule has 3 aromatic rings. The highest BCUT2D eigenvalue weighted by Gasteiger charge is 2.76. The van der Waals surface area contributed by atoms with Crippen LogP contribution in [0.2, 0.25) is 0 Å². The molecule has 2 fully saturated rings. The molecule has 0 spiro atoms. The zero-order valence-corrected chi connectivity index (χ0v) is 18.9. The maximum Gasteiger partial charge on any atom is 0.277 e. The molecule has 170 valence electrons. The second-order valence-electron chi connectivity index (χ2n) is 9.79. The van der Waals surface area contributed by atoms with Gasteiger partial charge < -0.3 is 14.7 Å². The van der Waals surface area contributed by atoms with Crippen LogP contribution < -0.4 is 15.2 Å². The van der Waals surface area contributed by atoms with E-state index in [0.717, 1.165) is 22.6 Å². The van der Waals surface area contributed by atoms with Gasteiger partial charge in [-0.15, -0.1) is 11.8 Å². The molecular weight excluding hydrogens is 450 g/mol. The third-order valence-electron chi connectivity index (χ3n) is 8.07. The highest BCUT2D eigenvalue weighted by molar-refractivity contribution is 7.98. The fraction of sp³-hybridized carbons (Fsp3) is 0.308. The molecule has 5 aliphatic rings. The summed E-state index contributed by atoms with van der Waals surface area (Å²) in [6.07, 6.45) is 1.82. The van der Waals surface area contributed by atoms with E-state index in [4.69, 9.17) is 4.74 Å². The van der Waals surface area contributed by atoms with Crippen LogP contribution in [0.15, 0.2) is 64.4 Å². The van der Waals surface area contributed by atoms with Crippen molar-refractivity contribution in [3.05, 3.63) is 87.3 Å². The van der Waals surface area contributed by atoms with E-state index in [1.54, 1.807) is 27.5 Å². The topological polar surface area (TPSA) is 75.0 Å². The smallest absolute Gasteiger partial charge is 0.277 e. The number of fused-ring (bicyclic) bond motifs is 9. The number of ether oxygens (including phenoxy) is 1. The van der Waals surface area contributed by atoms with Crippen LogP contribution in [0.1, 0.15) is 33.2 Å². The highest BCUT2D eigenvalue weighted by Crippen LogP contribution is 2.70. The Morgan fingerprint density at radius 3 is 2.76 bits per heavy atom. The summed E-state index contributed by atoms with van der Waals surface area (Å²) in [5.41, 5.74) is 2.92. The summed E-state index contributed by atoms with van der Waals surface area (Å²) in [6.45, 7) is 0.978. The quantitative estimate of drug-likeness (QED) is 0.544. The van der Waals surface area contributed by atoms with Crippen LogP contribution in [0.5, 0.6) is 11.5 Å². The van der Waals surface area contributed by atoms with Crippen molar-refractivity contribution in [1.29, 1.82) is 0 Å². The van der Waals surface area contributed by atoms with Crippen molar-refractivity contribution in [1.82, 2.24) is 9.58 Å². The van der Waals surface area contributed by atoms with Crippen molar-refractivity contribution in [3.8, 4) is 11.5 Å². The Balaban J connectivity index is 1.44. The maximum atomic E-state index is 13.5. The summed E-state index contributed by atoms with van der Waals surface area (Å²) >= 11 is 1.80. The Morgan fingerprint density at radius 1 is 1.03 bits per heavy atom. The molecule has 0 radical (unpaired) electrons. The fourth-order valence-corrected chi connectivity index (χ4v) is 7.30. The lowest BCUT2D eigenvalue weighted by atomic mass is 9.93. The van der Waals surface area contributed by atoms with Crippen LogP contribution in [-0.4, -0.2) is 39.9 Å². The predicted octanol–water partition coefficient (Wildman–Crippen LogP) is 2.94. The number of hydrogen-bond acceptors (Lipinski definition) is 6. The number of aromatic nitrogens is 1. The molecule has 2 saturated carbocycles. The third-order valence-corrected chi connectivity index (χ3v) is 9.20.